The second-order valence-corrected chi connectivity index (χ2v) is 6.71. The lowest BCUT2D eigenvalue weighted by atomic mass is 10.1. The normalized spacial score (nSPS) is 10.9. The first-order chi connectivity index (χ1) is 14.0. The van der Waals surface area contributed by atoms with Crippen LogP contribution in [-0.4, -0.2) is 27.6 Å². The van der Waals surface area contributed by atoms with Crippen LogP contribution in [0.25, 0.3) is 16.8 Å². The van der Waals surface area contributed by atoms with E-state index in [4.69, 9.17) is 4.74 Å². The monoisotopic (exact) mass is 390 g/mol. The van der Waals surface area contributed by atoms with Crippen LogP contribution in [0, 0.1) is 12.7 Å². The highest BCUT2D eigenvalue weighted by Crippen LogP contribution is 2.31. The molecule has 2 aromatic carbocycles. The van der Waals surface area contributed by atoms with E-state index in [9.17, 15) is 9.18 Å². The van der Waals surface area contributed by atoms with Gasteiger partial charge in [-0.05, 0) is 47.9 Å². The lowest BCUT2D eigenvalue weighted by molar-refractivity contribution is -0.115. The first kappa shape index (κ1) is 18.6. The van der Waals surface area contributed by atoms with Gasteiger partial charge >= 0.3 is 0 Å². The van der Waals surface area contributed by atoms with Gasteiger partial charge in [-0.15, -0.1) is 5.10 Å². The Balaban J connectivity index is 1.69. The maximum Gasteiger partial charge on any atom is 0.230 e. The molecule has 7 heteroatoms. The molecule has 0 atom stereocenters. The number of hydrogen-bond acceptors (Lipinski definition) is 4. The average Bonchev–Trinajstić information content (AvgIpc) is 3.05. The van der Waals surface area contributed by atoms with Crippen LogP contribution in [-0.2, 0) is 11.2 Å². The number of nitrogens with zero attached hydrogens (tertiary/aromatic N) is 3. The zero-order valence-corrected chi connectivity index (χ0v) is 16.0. The molecule has 29 heavy (non-hydrogen) atoms. The molecule has 0 aliphatic heterocycles. The predicted molar refractivity (Wildman–Crippen MR) is 108 cm³/mol. The van der Waals surface area contributed by atoms with E-state index in [0.29, 0.717) is 22.8 Å². The summed E-state index contributed by atoms with van der Waals surface area (Å²) < 4.78 is 20.2. The molecule has 0 radical (unpaired) electrons. The summed E-state index contributed by atoms with van der Waals surface area (Å²) in [5.41, 5.74) is 3.69. The summed E-state index contributed by atoms with van der Waals surface area (Å²) in [5.74, 6) is 0.511. The summed E-state index contributed by atoms with van der Waals surface area (Å²) in [5, 5.41) is 7.36. The van der Waals surface area contributed by atoms with E-state index in [-0.39, 0.29) is 18.1 Å². The van der Waals surface area contributed by atoms with Crippen LogP contribution in [0.15, 0.2) is 60.9 Å². The van der Waals surface area contributed by atoms with Crippen molar-refractivity contribution in [2.24, 2.45) is 0 Å². The Morgan fingerprint density at radius 1 is 1.21 bits per heavy atom. The Kier molecular flexibility index (Phi) is 4.95. The van der Waals surface area contributed by atoms with Gasteiger partial charge in [-0.3, -0.25) is 4.79 Å². The van der Waals surface area contributed by atoms with E-state index in [1.165, 1.54) is 12.1 Å². The second-order valence-electron chi connectivity index (χ2n) is 6.71. The van der Waals surface area contributed by atoms with Gasteiger partial charge in [-0.2, -0.15) is 0 Å². The van der Waals surface area contributed by atoms with Gasteiger partial charge in [-0.1, -0.05) is 24.3 Å². The van der Waals surface area contributed by atoms with Gasteiger partial charge in [0.15, 0.2) is 11.5 Å². The molecule has 146 valence electrons. The molecular formula is C22H19FN4O2. The zero-order chi connectivity index (χ0) is 20.4. The van der Waals surface area contributed by atoms with Crippen LogP contribution < -0.4 is 10.1 Å². The molecule has 0 aliphatic rings. The van der Waals surface area contributed by atoms with Gasteiger partial charge in [0, 0.05) is 12.4 Å². The van der Waals surface area contributed by atoms with E-state index in [0.717, 1.165) is 16.7 Å². The van der Waals surface area contributed by atoms with Crippen LogP contribution in [0.3, 0.4) is 0 Å². The fourth-order valence-corrected chi connectivity index (χ4v) is 3.14. The lowest BCUT2D eigenvalue weighted by Crippen LogP contribution is -2.15. The van der Waals surface area contributed by atoms with Crippen LogP contribution in [0.1, 0.15) is 11.1 Å². The molecule has 0 saturated heterocycles. The summed E-state index contributed by atoms with van der Waals surface area (Å²) in [6.45, 7) is 1.91. The Morgan fingerprint density at radius 2 is 2.00 bits per heavy atom. The smallest absolute Gasteiger partial charge is 0.230 e. The average molecular weight is 390 g/mol. The summed E-state index contributed by atoms with van der Waals surface area (Å²) in [7, 11) is 1.58. The second kappa shape index (κ2) is 7.71. The van der Waals surface area contributed by atoms with E-state index >= 15 is 0 Å². The molecule has 4 rings (SSSR count). The number of methoxy groups -OCH3 is 1. The fraction of sp³-hybridized carbons (Fsp3) is 0.136. The van der Waals surface area contributed by atoms with Gasteiger partial charge in [0.05, 0.1) is 19.1 Å². The van der Waals surface area contributed by atoms with E-state index in [2.05, 4.69) is 15.4 Å². The standard InChI is InChI=1S/C22H19FN4O2/c1-14-12-24-22-20(16-6-8-17(23)9-7-16)21(26-27(22)13-14)25-19(28)11-15-4-3-5-18(10-15)29-2/h3-10,12-13H,11H2,1-2H3,(H,25,26,28). The number of aryl methyl sites for hydroxylation is 1. The maximum absolute atomic E-state index is 13.4. The number of hydrogen-bond donors (Lipinski definition) is 1. The molecule has 0 aliphatic carbocycles. The summed E-state index contributed by atoms with van der Waals surface area (Å²) in [4.78, 5) is 17.1. The first-order valence-corrected chi connectivity index (χ1v) is 9.07. The molecule has 0 unspecified atom stereocenters. The highest BCUT2D eigenvalue weighted by atomic mass is 19.1. The Morgan fingerprint density at radius 3 is 2.76 bits per heavy atom. The minimum absolute atomic E-state index is 0.167. The molecule has 4 aromatic rings. The molecule has 2 heterocycles. The number of aromatic nitrogens is 3. The minimum Gasteiger partial charge on any atom is -0.497 e. The van der Waals surface area contributed by atoms with Crippen molar-refractivity contribution < 1.29 is 13.9 Å². The lowest BCUT2D eigenvalue weighted by Gasteiger charge is -2.07. The molecule has 2 aromatic heterocycles. The maximum atomic E-state index is 13.4. The molecule has 6 nitrogen and oxygen atoms in total. The Bertz CT molecular complexity index is 1190. The number of anilines is 1. The van der Waals surface area contributed by atoms with E-state index in [1.54, 1.807) is 30.0 Å². The number of fused-ring (bicyclic) bond motifs is 1. The minimum atomic E-state index is -0.336. The predicted octanol–water partition coefficient (Wildman–Crippen LogP) is 4.03. The number of amides is 1. The van der Waals surface area contributed by atoms with Crippen molar-refractivity contribution in [3.8, 4) is 16.9 Å². The van der Waals surface area contributed by atoms with Crippen LogP contribution >= 0.6 is 0 Å². The molecule has 0 fully saturated rings. The number of ether oxygens (including phenoxy) is 1. The SMILES string of the molecule is COc1cccc(CC(=O)Nc2nn3cc(C)cnc3c2-c2ccc(F)cc2)c1. The number of benzene rings is 2. The van der Waals surface area contributed by atoms with Gasteiger partial charge in [0.2, 0.25) is 5.91 Å². The highest BCUT2D eigenvalue weighted by Gasteiger charge is 2.18. The van der Waals surface area contributed by atoms with Crippen molar-refractivity contribution in [2.45, 2.75) is 13.3 Å². The van der Waals surface area contributed by atoms with Gasteiger partial charge in [-0.25, -0.2) is 13.9 Å². The van der Waals surface area contributed by atoms with Crippen LogP contribution in [0.5, 0.6) is 5.75 Å². The van der Waals surface area contributed by atoms with Crippen molar-refractivity contribution in [3.63, 3.8) is 0 Å². The van der Waals surface area contributed by atoms with Gasteiger partial charge < -0.3 is 10.1 Å². The number of halogens is 1. The van der Waals surface area contributed by atoms with Crippen molar-refractivity contribution >= 4 is 17.4 Å². The van der Waals surface area contributed by atoms with Crippen molar-refractivity contribution in [1.82, 2.24) is 14.6 Å². The molecule has 0 saturated carbocycles. The summed E-state index contributed by atoms with van der Waals surface area (Å²) in [6, 6.07) is 13.4. The van der Waals surface area contributed by atoms with Crippen LogP contribution in [0.2, 0.25) is 0 Å². The van der Waals surface area contributed by atoms with Crippen molar-refractivity contribution in [3.05, 3.63) is 77.9 Å². The third-order valence-corrected chi connectivity index (χ3v) is 4.49. The Labute approximate surface area is 167 Å². The van der Waals surface area contributed by atoms with E-state index in [1.807, 2.05) is 37.4 Å². The third-order valence-electron chi connectivity index (χ3n) is 4.49. The molecule has 1 amide bonds. The molecule has 1 N–H and O–H groups in total. The fourth-order valence-electron chi connectivity index (χ4n) is 3.14. The summed E-state index contributed by atoms with van der Waals surface area (Å²) in [6.07, 6.45) is 3.72. The number of carbonyl (C=O) groups excluding carboxylic acids is 1. The van der Waals surface area contributed by atoms with E-state index < -0.39 is 0 Å². The zero-order valence-electron chi connectivity index (χ0n) is 16.0. The summed E-state index contributed by atoms with van der Waals surface area (Å²) >= 11 is 0. The number of carbonyl (C=O) groups is 1. The number of rotatable bonds is 5. The molecular weight excluding hydrogens is 371 g/mol. The number of nitrogens with one attached hydrogen (secondary N) is 1. The first-order valence-electron chi connectivity index (χ1n) is 9.07. The molecule has 0 spiro atoms. The topological polar surface area (TPSA) is 68.5 Å². The Hall–Kier alpha value is -3.74. The molecule has 0 bridgehead atoms. The van der Waals surface area contributed by atoms with Crippen LogP contribution in [0.4, 0.5) is 10.2 Å². The van der Waals surface area contributed by atoms with Gasteiger partial charge in [0.25, 0.3) is 0 Å². The van der Waals surface area contributed by atoms with Crippen molar-refractivity contribution in [1.29, 1.82) is 0 Å². The quantitative estimate of drug-likeness (QED) is 0.559. The highest BCUT2D eigenvalue weighted by molar-refractivity contribution is 5.98. The van der Waals surface area contributed by atoms with Crippen molar-refractivity contribution in [2.75, 3.05) is 12.4 Å². The largest absolute Gasteiger partial charge is 0.497 e. The third kappa shape index (κ3) is 3.94. The van der Waals surface area contributed by atoms with Gasteiger partial charge in [0.1, 0.15) is 11.6 Å².